The van der Waals surface area contributed by atoms with Gasteiger partial charge in [0.15, 0.2) is 8.59 Å². The third kappa shape index (κ3) is 33.5. The van der Waals surface area contributed by atoms with Gasteiger partial charge in [0.05, 0.1) is 0 Å². The smallest absolute Gasteiger partial charge is 0.180 e. The first-order valence-corrected chi connectivity index (χ1v) is 17.5. The van der Waals surface area contributed by atoms with Crippen LogP contribution in [0.4, 0.5) is 0 Å². The van der Waals surface area contributed by atoms with Gasteiger partial charge in [-0.1, -0.05) is 167 Å². The van der Waals surface area contributed by atoms with Crippen LogP contribution in [0, 0.1) is 0 Å². The molecule has 0 aliphatic rings. The van der Waals surface area contributed by atoms with Crippen molar-refractivity contribution in [2.75, 3.05) is 26.2 Å². The van der Waals surface area contributed by atoms with Crippen molar-refractivity contribution in [2.24, 2.45) is 20.0 Å². The van der Waals surface area contributed by atoms with Gasteiger partial charge in [-0.15, -0.1) is 23.0 Å². The molecule has 0 bridgehead atoms. The molecule has 19 heteroatoms. The third-order valence-corrected chi connectivity index (χ3v) is 5.75. The van der Waals surface area contributed by atoms with E-state index in [0.717, 1.165) is 12.8 Å². The van der Waals surface area contributed by atoms with Gasteiger partial charge >= 0.3 is 0 Å². The number of hydrogen-bond donors (Lipinski definition) is 0. The van der Waals surface area contributed by atoms with Gasteiger partial charge in [0.1, 0.15) is 0 Å². The van der Waals surface area contributed by atoms with E-state index >= 15 is 0 Å². The topological polar surface area (TPSA) is 227 Å². The summed E-state index contributed by atoms with van der Waals surface area (Å²) in [5.41, 5.74) is 2.39. The summed E-state index contributed by atoms with van der Waals surface area (Å²) in [5.74, 6) is -0.0877. The van der Waals surface area contributed by atoms with E-state index in [1.54, 1.807) is 73.4 Å². The van der Waals surface area contributed by atoms with Crippen molar-refractivity contribution in [3.8, 4) is 23.0 Å². The monoisotopic (exact) mass is 1220 g/mol. The number of hydrogen-bond acceptors (Lipinski definition) is 8. The fourth-order valence-corrected chi connectivity index (χ4v) is 3.51. The van der Waals surface area contributed by atoms with Gasteiger partial charge in [-0.2, -0.15) is 0 Å². The SMILES string of the molecule is ClC(Cl)Cl.ClC(Cl)Cl.[O-2].[O-2].[O-2].[O-]c1ccccc1C=NCCCN=Cc1ccccc1[O-].[O-]c1ccccc1C=NCCCN=Cc1ccccc1[O-].[Re].[Re]. The molecule has 306 valence electrons. The second-order valence-electron chi connectivity index (χ2n) is 9.49. The van der Waals surface area contributed by atoms with Crippen molar-refractivity contribution in [3.05, 3.63) is 119 Å². The maximum Gasteiger partial charge on any atom is 0.180 e. The Morgan fingerprint density at radius 1 is 0.382 bits per heavy atom. The predicted octanol–water partition coefficient (Wildman–Crippen LogP) is 7.14. The molecule has 0 fully saturated rings. The molecule has 0 aromatic heterocycles. The molecule has 0 aliphatic heterocycles. The Labute approximate surface area is 379 Å². The van der Waals surface area contributed by atoms with Gasteiger partial charge in [0.25, 0.3) is 0 Å². The van der Waals surface area contributed by atoms with E-state index in [1.165, 1.54) is 24.3 Å². The van der Waals surface area contributed by atoms with Gasteiger partial charge in [0.2, 0.25) is 0 Å². The molecular weight excluding hydrogens is 1190 g/mol. The number of para-hydroxylation sites is 4. The molecule has 11 nitrogen and oxygen atoms in total. The number of alkyl halides is 6. The summed E-state index contributed by atoms with van der Waals surface area (Å²) in [6.45, 7) is 2.41. The van der Waals surface area contributed by atoms with Crippen LogP contribution >= 0.6 is 69.6 Å². The van der Waals surface area contributed by atoms with Crippen molar-refractivity contribution in [1.82, 2.24) is 0 Å². The third-order valence-electron chi connectivity index (χ3n) is 5.75. The van der Waals surface area contributed by atoms with E-state index in [-0.39, 0.29) is 80.3 Å². The van der Waals surface area contributed by atoms with Gasteiger partial charge in [0, 0.05) is 91.9 Å². The van der Waals surface area contributed by atoms with E-state index in [4.69, 9.17) is 69.6 Å². The molecule has 2 radical (unpaired) electrons. The van der Waals surface area contributed by atoms with Crippen LogP contribution in [0.25, 0.3) is 0 Å². The molecule has 4 aromatic carbocycles. The summed E-state index contributed by atoms with van der Waals surface area (Å²) < 4.78 is -1.50. The molecule has 0 unspecified atom stereocenters. The Hall–Kier alpha value is -2.30. The minimum Gasteiger partial charge on any atom is -2.00 e. The Bertz CT molecular complexity index is 1410. The average Bonchev–Trinajstić information content (AvgIpc) is 3.07. The first kappa shape index (κ1) is 61.9. The summed E-state index contributed by atoms with van der Waals surface area (Å²) in [6, 6.07) is 27.2. The molecule has 0 N–H and O–H groups in total. The van der Waals surface area contributed by atoms with Crippen LogP contribution in [0.3, 0.4) is 0 Å². The number of halogens is 6. The number of rotatable bonds is 12. The van der Waals surface area contributed by atoms with Gasteiger partial charge in [-0.3, -0.25) is 20.0 Å². The largest absolute Gasteiger partial charge is 2.00 e. The summed E-state index contributed by atoms with van der Waals surface area (Å²) in [4.78, 5) is 16.8. The first-order chi connectivity index (χ1) is 24.0. The fourth-order valence-electron chi connectivity index (χ4n) is 3.51. The minimum absolute atomic E-state index is 0. The zero-order chi connectivity index (χ0) is 37.0. The molecule has 55 heavy (non-hydrogen) atoms. The van der Waals surface area contributed by atoms with Crippen LogP contribution in [-0.4, -0.2) is 59.6 Å². The molecule has 0 amide bonds. The van der Waals surface area contributed by atoms with E-state index < -0.39 is 8.59 Å². The maximum absolute atomic E-state index is 11.4. The standard InChI is InChI=1S/2C17H18N2O2.2CHCl3.3O.2Re/c2*20-16-8-3-1-6-14(16)12-18-10-5-11-19-13-15-7-2-4-9-17(15)21;2*2-1(3)4;;;;;/h2*1-4,6-9,12-13,20-21H,5,10-11H2;2*1H;;;;;/q;;;;3*-2;;/p-4. The number of benzene rings is 4. The van der Waals surface area contributed by atoms with Crippen molar-refractivity contribution in [2.45, 2.75) is 21.4 Å². The summed E-state index contributed by atoms with van der Waals surface area (Å²) >= 11 is 28.8. The predicted molar refractivity (Wildman–Crippen MR) is 207 cm³/mol. The van der Waals surface area contributed by atoms with E-state index in [0.29, 0.717) is 48.4 Å². The maximum atomic E-state index is 11.4. The van der Waals surface area contributed by atoms with E-state index in [9.17, 15) is 20.4 Å². The average molecular weight is 1220 g/mol. The molecule has 0 saturated heterocycles. The van der Waals surface area contributed by atoms with Gasteiger partial charge in [-0.05, 0) is 35.1 Å². The van der Waals surface area contributed by atoms with Crippen molar-refractivity contribution in [1.29, 1.82) is 0 Å². The zero-order valence-corrected chi connectivity index (χ0v) is 38.6. The van der Waals surface area contributed by atoms with Crippen LogP contribution < -0.4 is 20.4 Å². The Balaban J connectivity index is -0.000000235. The van der Waals surface area contributed by atoms with Crippen LogP contribution in [0.15, 0.2) is 117 Å². The second-order valence-corrected chi connectivity index (χ2v) is 13.5. The fraction of sp³-hybridized carbons (Fsp3) is 0.222. The van der Waals surface area contributed by atoms with Gasteiger partial charge in [-0.25, -0.2) is 0 Å². The van der Waals surface area contributed by atoms with Crippen LogP contribution in [0.2, 0.25) is 0 Å². The zero-order valence-electron chi connectivity index (χ0n) is 28.6. The quantitative estimate of drug-likeness (QED) is 0.0819. The molecule has 0 saturated carbocycles. The minimum atomic E-state index is -0.750. The van der Waals surface area contributed by atoms with Crippen LogP contribution in [0.1, 0.15) is 35.1 Å². The Morgan fingerprint density at radius 3 is 0.709 bits per heavy atom. The normalized spacial score (nSPS) is 10.0. The summed E-state index contributed by atoms with van der Waals surface area (Å²) in [5, 5.41) is 45.7. The van der Waals surface area contributed by atoms with Gasteiger partial charge < -0.3 is 36.9 Å². The summed E-state index contributed by atoms with van der Waals surface area (Å²) in [7, 11) is 0. The van der Waals surface area contributed by atoms with Crippen LogP contribution in [-0.2, 0) is 57.3 Å². The summed E-state index contributed by atoms with van der Waals surface area (Å²) in [6.07, 6.45) is 7.93. The second kappa shape index (κ2) is 39.9. The molecule has 4 aromatic rings. The van der Waals surface area contributed by atoms with Crippen molar-refractivity contribution >= 4 is 94.5 Å². The molecule has 0 spiro atoms. The molecule has 0 atom stereocenters. The Kier molecular flexibility index (Phi) is 44.9. The molecule has 4 rings (SSSR count). The molecule has 0 heterocycles. The van der Waals surface area contributed by atoms with E-state index in [2.05, 4.69) is 20.0 Å². The molecule has 0 aliphatic carbocycles. The van der Waals surface area contributed by atoms with Crippen molar-refractivity contribution < 1.29 is 77.7 Å². The van der Waals surface area contributed by atoms with E-state index in [1.807, 2.05) is 24.3 Å². The van der Waals surface area contributed by atoms with Crippen LogP contribution in [0.5, 0.6) is 23.0 Å². The number of nitrogens with zero attached hydrogens (tertiary/aromatic N) is 4. The first-order valence-electron chi connectivity index (χ1n) is 14.9. The number of aliphatic imine (C=N–C) groups is 4. The Morgan fingerprint density at radius 2 is 0.545 bits per heavy atom. The van der Waals surface area contributed by atoms with Crippen molar-refractivity contribution in [3.63, 3.8) is 0 Å². The molecular formula is C36H34Cl6N4O7Re2-10.